The molecule has 2 unspecified atom stereocenters. The zero-order valence-electron chi connectivity index (χ0n) is 58.5. The van der Waals surface area contributed by atoms with Gasteiger partial charge in [-0.05, 0) is 103 Å². The van der Waals surface area contributed by atoms with Gasteiger partial charge in [0.2, 0.25) is 0 Å². The molecule has 0 aromatic rings. The number of aliphatic carboxylic acids is 1. The van der Waals surface area contributed by atoms with Crippen LogP contribution in [0.3, 0.4) is 0 Å². The summed E-state index contributed by atoms with van der Waals surface area (Å²) in [6.45, 7) is 4.65. The minimum atomic E-state index is -1.63. The molecule has 0 amide bonds. The van der Waals surface area contributed by atoms with Gasteiger partial charge in [-0.15, -0.1) is 0 Å². The molecule has 9 heteroatoms. The van der Waals surface area contributed by atoms with Crippen molar-refractivity contribution in [3.05, 3.63) is 109 Å². The van der Waals surface area contributed by atoms with E-state index in [2.05, 4.69) is 123 Å². The Balaban J connectivity index is 4.08. The Labute approximate surface area is 549 Å². The van der Waals surface area contributed by atoms with Crippen LogP contribution in [-0.2, 0) is 33.3 Å². The third-order valence-corrected chi connectivity index (χ3v) is 16.0. The first-order valence-electron chi connectivity index (χ1n) is 37.0. The molecule has 0 fully saturated rings. The molecule has 0 rings (SSSR count). The predicted molar refractivity (Wildman–Crippen MR) is 380 cm³/mol. The van der Waals surface area contributed by atoms with E-state index in [4.69, 9.17) is 18.9 Å². The number of allylic oxidation sites excluding steroid dienone is 18. The molecule has 2 atom stereocenters. The van der Waals surface area contributed by atoms with Crippen LogP contribution in [0.25, 0.3) is 0 Å². The zero-order chi connectivity index (χ0) is 64.7. The van der Waals surface area contributed by atoms with Gasteiger partial charge in [0.1, 0.15) is 13.2 Å². The lowest BCUT2D eigenvalue weighted by Gasteiger charge is -2.26. The van der Waals surface area contributed by atoms with Crippen LogP contribution in [0.5, 0.6) is 0 Å². The Hall–Kier alpha value is -4.05. The Morgan fingerprint density at radius 3 is 0.955 bits per heavy atom. The molecule has 512 valence electrons. The number of esters is 2. The first-order chi connectivity index (χ1) is 43.6. The lowest BCUT2D eigenvalue weighted by molar-refractivity contribution is -0.870. The van der Waals surface area contributed by atoms with Gasteiger partial charge in [0.15, 0.2) is 12.4 Å². The molecule has 9 nitrogen and oxygen atoms in total. The third-order valence-electron chi connectivity index (χ3n) is 16.0. The SMILES string of the molecule is CC/C=C\C/C=C\C/C=C\C/C=C\C/C=C\C/C=C\CCCCCCCCCCCCCCCCCCC(=O)OC(COC(=O)CCCCCCCCCCCCCCCC/C=C\C/C=C\C/C=C\CCCCCCC)COC(OCC[N+](C)(C)C)C(=O)[O-]. The van der Waals surface area contributed by atoms with Crippen molar-refractivity contribution in [2.45, 2.75) is 334 Å². The van der Waals surface area contributed by atoms with Crippen LogP contribution in [0.4, 0.5) is 0 Å². The maximum absolute atomic E-state index is 13.0. The summed E-state index contributed by atoms with van der Waals surface area (Å²) in [5.74, 6) is -2.27. The fraction of sp³-hybridized carbons (Fsp3) is 0.738. The van der Waals surface area contributed by atoms with Crippen molar-refractivity contribution in [2.75, 3.05) is 47.5 Å². The number of carboxylic acid groups (broad SMARTS) is 1. The molecule has 0 saturated heterocycles. The van der Waals surface area contributed by atoms with Gasteiger partial charge >= 0.3 is 11.9 Å². The molecule has 0 radical (unpaired) electrons. The smallest absolute Gasteiger partial charge is 0.306 e. The molecule has 0 saturated carbocycles. The number of rotatable bonds is 68. The average Bonchev–Trinajstić information content (AvgIpc) is 3.64. The van der Waals surface area contributed by atoms with E-state index in [0.29, 0.717) is 17.4 Å². The van der Waals surface area contributed by atoms with Gasteiger partial charge in [-0.2, -0.15) is 0 Å². The standard InChI is InChI=1S/C80H139NO8/c1-6-8-10-12-14-16-18-20-22-24-26-28-30-32-34-36-37-38-39-40-41-43-45-47-49-51-53-55-57-59-61-63-65-67-69-71-78(83)89-76(75-88-80(79(84)85)86-73-72-81(3,4)5)74-87-77(82)70-68-66-64-62-60-58-56-54-52-50-48-46-44-42-35-33-31-29-27-25-23-21-19-17-15-13-11-9-7-2/h8,10,14,16,19-22,25-28,31-34,37-38,76,80H,6-7,9,11-13,15,17-18,23-24,29-30,35-36,39-75H2,1-5H3/b10-8-,16-14-,21-19-,22-20-,27-25-,28-26-,33-31-,34-32-,38-37-. The van der Waals surface area contributed by atoms with E-state index >= 15 is 0 Å². The fourth-order valence-corrected chi connectivity index (χ4v) is 10.4. The van der Waals surface area contributed by atoms with Crippen LogP contribution in [0.2, 0.25) is 0 Å². The summed E-state index contributed by atoms with van der Waals surface area (Å²) in [4.78, 5) is 37.6. The van der Waals surface area contributed by atoms with Crippen molar-refractivity contribution in [3.63, 3.8) is 0 Å². The van der Waals surface area contributed by atoms with E-state index in [1.54, 1.807) is 0 Å². The minimum Gasteiger partial charge on any atom is -0.545 e. The lowest BCUT2D eigenvalue weighted by atomic mass is 10.0. The summed E-state index contributed by atoms with van der Waals surface area (Å²) in [7, 11) is 5.94. The highest BCUT2D eigenvalue weighted by molar-refractivity contribution is 5.70. The molecular weight excluding hydrogens is 1100 g/mol. The zero-order valence-corrected chi connectivity index (χ0v) is 58.5. The van der Waals surface area contributed by atoms with Crippen LogP contribution in [0, 0.1) is 0 Å². The number of unbranched alkanes of at least 4 members (excludes halogenated alkanes) is 35. The van der Waals surface area contributed by atoms with Crippen molar-refractivity contribution in [1.29, 1.82) is 0 Å². The Morgan fingerprint density at radius 2 is 0.640 bits per heavy atom. The number of quaternary nitrogens is 1. The Morgan fingerprint density at radius 1 is 0.348 bits per heavy atom. The first kappa shape index (κ1) is 85.0. The summed E-state index contributed by atoms with van der Waals surface area (Å²) in [5, 5.41) is 11.8. The fourth-order valence-electron chi connectivity index (χ4n) is 10.4. The second kappa shape index (κ2) is 69.8. The number of hydrogen-bond acceptors (Lipinski definition) is 8. The van der Waals surface area contributed by atoms with Crippen molar-refractivity contribution in [3.8, 4) is 0 Å². The van der Waals surface area contributed by atoms with E-state index in [-0.39, 0.29) is 38.6 Å². The molecule has 0 aliphatic heterocycles. The molecule has 0 bridgehead atoms. The maximum atomic E-state index is 13.0. The molecule has 0 heterocycles. The number of carbonyl (C=O) groups excluding carboxylic acids is 3. The second-order valence-electron chi connectivity index (χ2n) is 25.9. The van der Waals surface area contributed by atoms with E-state index in [1.807, 2.05) is 21.1 Å². The number of carbonyl (C=O) groups is 3. The van der Waals surface area contributed by atoms with Crippen molar-refractivity contribution < 1.29 is 42.9 Å². The van der Waals surface area contributed by atoms with Gasteiger partial charge in [-0.1, -0.05) is 316 Å². The lowest BCUT2D eigenvalue weighted by Crippen LogP contribution is -2.44. The minimum absolute atomic E-state index is 0.145. The molecule has 0 N–H and O–H groups in total. The van der Waals surface area contributed by atoms with E-state index in [1.165, 1.54) is 199 Å². The van der Waals surface area contributed by atoms with Crippen LogP contribution in [-0.4, -0.2) is 82.3 Å². The summed E-state index contributed by atoms with van der Waals surface area (Å²) < 4.78 is 22.8. The highest BCUT2D eigenvalue weighted by Gasteiger charge is 2.22. The molecule has 89 heavy (non-hydrogen) atoms. The van der Waals surface area contributed by atoms with E-state index < -0.39 is 24.3 Å². The van der Waals surface area contributed by atoms with E-state index in [0.717, 1.165) is 89.9 Å². The van der Waals surface area contributed by atoms with Crippen LogP contribution >= 0.6 is 0 Å². The Bertz CT molecular complexity index is 1830. The van der Waals surface area contributed by atoms with Crippen molar-refractivity contribution >= 4 is 17.9 Å². The predicted octanol–water partition coefficient (Wildman–Crippen LogP) is 22.0. The van der Waals surface area contributed by atoms with Gasteiger partial charge in [0.25, 0.3) is 0 Å². The van der Waals surface area contributed by atoms with Crippen LogP contribution < -0.4 is 5.11 Å². The summed E-state index contributed by atoms with van der Waals surface area (Å²) in [5.41, 5.74) is 0. The Kier molecular flexibility index (Phi) is 66.7. The number of carboxylic acids is 1. The van der Waals surface area contributed by atoms with Crippen molar-refractivity contribution in [1.82, 2.24) is 0 Å². The normalized spacial score (nSPS) is 13.3. The van der Waals surface area contributed by atoms with E-state index in [9.17, 15) is 19.5 Å². The summed E-state index contributed by atoms with van der Waals surface area (Å²) in [6.07, 6.45) is 94.6. The highest BCUT2D eigenvalue weighted by Crippen LogP contribution is 2.18. The maximum Gasteiger partial charge on any atom is 0.306 e. The van der Waals surface area contributed by atoms with Crippen molar-refractivity contribution in [2.24, 2.45) is 0 Å². The number of ether oxygens (including phenoxy) is 4. The summed E-state index contributed by atoms with van der Waals surface area (Å²) >= 11 is 0. The largest absolute Gasteiger partial charge is 0.545 e. The number of nitrogens with zero attached hydrogens (tertiary/aromatic N) is 1. The van der Waals surface area contributed by atoms with Gasteiger partial charge < -0.3 is 33.3 Å². The molecule has 0 aliphatic carbocycles. The summed E-state index contributed by atoms with van der Waals surface area (Å²) in [6, 6.07) is 0. The molecule has 0 aromatic carbocycles. The average molecular weight is 1240 g/mol. The quantitative estimate of drug-likeness (QED) is 0.0195. The molecular formula is C80H139NO8. The molecule has 0 spiro atoms. The molecule has 0 aromatic heterocycles. The first-order valence-corrected chi connectivity index (χ1v) is 37.0. The number of likely N-dealkylation sites (N-methyl/N-ethyl adjacent to an activating group) is 1. The number of hydrogen-bond donors (Lipinski definition) is 0. The second-order valence-corrected chi connectivity index (χ2v) is 25.9. The van der Waals surface area contributed by atoms with Gasteiger partial charge in [-0.3, -0.25) is 9.59 Å². The molecule has 0 aliphatic rings. The van der Waals surface area contributed by atoms with Gasteiger partial charge in [-0.25, -0.2) is 0 Å². The van der Waals surface area contributed by atoms with Crippen LogP contribution in [0.1, 0.15) is 322 Å². The van der Waals surface area contributed by atoms with Gasteiger partial charge in [0, 0.05) is 12.8 Å². The third kappa shape index (κ3) is 71.3. The highest BCUT2D eigenvalue weighted by atomic mass is 16.7. The van der Waals surface area contributed by atoms with Gasteiger partial charge in [0.05, 0.1) is 40.3 Å². The van der Waals surface area contributed by atoms with Crippen LogP contribution in [0.15, 0.2) is 109 Å². The topological polar surface area (TPSA) is 111 Å². The monoisotopic (exact) mass is 1240 g/mol.